The molecule has 6 nitrogen and oxygen atoms in total. The molecule has 128 valence electrons. The highest BCUT2D eigenvalue weighted by atomic mass is 16.1. The van der Waals surface area contributed by atoms with E-state index < -0.39 is 5.92 Å². The van der Waals surface area contributed by atoms with Gasteiger partial charge in [0, 0.05) is 5.69 Å². The molecule has 0 spiro atoms. The fourth-order valence-corrected chi connectivity index (χ4v) is 2.77. The number of carbonyl (C=O) groups excluding carboxylic acids is 1. The van der Waals surface area contributed by atoms with Gasteiger partial charge in [-0.15, -0.1) is 10.2 Å². The number of benzene rings is 2. The average molecular weight is 335 g/mol. The van der Waals surface area contributed by atoms with E-state index >= 15 is 0 Å². The van der Waals surface area contributed by atoms with E-state index in [1.54, 1.807) is 0 Å². The number of amides is 1. The van der Waals surface area contributed by atoms with Gasteiger partial charge in [-0.1, -0.05) is 41.6 Å². The van der Waals surface area contributed by atoms with Crippen LogP contribution in [0.5, 0.6) is 0 Å². The molecule has 1 aromatic heterocycles. The third-order valence-electron chi connectivity index (χ3n) is 4.33. The van der Waals surface area contributed by atoms with E-state index in [4.69, 9.17) is 0 Å². The van der Waals surface area contributed by atoms with Crippen molar-refractivity contribution in [2.45, 2.75) is 33.1 Å². The van der Waals surface area contributed by atoms with Crippen molar-refractivity contribution in [1.82, 2.24) is 20.6 Å². The minimum atomic E-state index is -0.514. The van der Waals surface area contributed by atoms with Gasteiger partial charge in [0.15, 0.2) is 5.82 Å². The summed E-state index contributed by atoms with van der Waals surface area (Å²) in [4.78, 5) is 13.0. The maximum Gasteiger partial charge on any atom is 0.235 e. The van der Waals surface area contributed by atoms with Gasteiger partial charge in [0.1, 0.15) is 5.92 Å². The Morgan fingerprint density at radius 3 is 2.64 bits per heavy atom. The highest BCUT2D eigenvalue weighted by Gasteiger charge is 2.26. The first-order valence-electron chi connectivity index (χ1n) is 8.20. The Labute approximate surface area is 146 Å². The summed E-state index contributed by atoms with van der Waals surface area (Å²) < 4.78 is 0. The number of aromatic amines is 1. The summed E-state index contributed by atoms with van der Waals surface area (Å²) in [6.45, 7) is 6.00. The van der Waals surface area contributed by atoms with Gasteiger partial charge in [0.2, 0.25) is 5.91 Å². The van der Waals surface area contributed by atoms with Gasteiger partial charge < -0.3 is 5.32 Å². The zero-order valence-corrected chi connectivity index (χ0v) is 14.6. The normalized spacial score (nSPS) is 12.0. The van der Waals surface area contributed by atoms with E-state index in [1.165, 1.54) is 0 Å². The predicted molar refractivity (Wildman–Crippen MR) is 96.3 cm³/mol. The lowest BCUT2D eigenvalue weighted by atomic mass is 9.94. The molecule has 1 heterocycles. The topological polar surface area (TPSA) is 83.6 Å². The van der Waals surface area contributed by atoms with Gasteiger partial charge in [-0.05, 0) is 55.5 Å². The second-order valence-corrected chi connectivity index (χ2v) is 6.26. The van der Waals surface area contributed by atoms with E-state index in [-0.39, 0.29) is 5.91 Å². The fraction of sp³-hybridized carbons (Fsp3) is 0.263. The molecule has 1 unspecified atom stereocenters. The Hall–Kier alpha value is -3.02. The van der Waals surface area contributed by atoms with E-state index in [0.29, 0.717) is 12.2 Å². The Bertz CT molecular complexity index is 873. The number of hydrogen-bond donors (Lipinski definition) is 2. The van der Waals surface area contributed by atoms with Crippen molar-refractivity contribution >= 4 is 11.6 Å². The summed E-state index contributed by atoms with van der Waals surface area (Å²) >= 11 is 0. The van der Waals surface area contributed by atoms with Crippen LogP contribution in [0.1, 0.15) is 34.0 Å². The summed E-state index contributed by atoms with van der Waals surface area (Å²) in [6, 6.07) is 14.0. The standard InChI is InChI=1S/C19H21N5O/c1-12-8-9-14(3)17(10-12)20-19(25)16(18-21-23-24-22-18)11-15-7-5-4-6-13(15)2/h4-10,16H,11H2,1-3H3,(H,20,25)(H,21,22,23,24). The van der Waals surface area contributed by atoms with Gasteiger partial charge in [0.25, 0.3) is 0 Å². The van der Waals surface area contributed by atoms with E-state index in [1.807, 2.05) is 63.2 Å². The Balaban J connectivity index is 1.88. The van der Waals surface area contributed by atoms with Crippen molar-refractivity contribution in [3.05, 3.63) is 70.5 Å². The van der Waals surface area contributed by atoms with Crippen LogP contribution in [-0.2, 0) is 11.2 Å². The van der Waals surface area contributed by atoms with Crippen LogP contribution in [0.2, 0.25) is 0 Å². The van der Waals surface area contributed by atoms with E-state index in [2.05, 4.69) is 25.9 Å². The molecule has 3 rings (SSSR count). The van der Waals surface area contributed by atoms with Crippen LogP contribution in [0.3, 0.4) is 0 Å². The van der Waals surface area contributed by atoms with Gasteiger partial charge in [-0.3, -0.25) is 4.79 Å². The molecular formula is C19H21N5O. The van der Waals surface area contributed by atoms with E-state index in [9.17, 15) is 4.79 Å². The number of nitrogens with zero attached hydrogens (tertiary/aromatic N) is 3. The quantitative estimate of drug-likeness (QED) is 0.750. The number of H-pyrrole nitrogens is 1. The number of aryl methyl sites for hydroxylation is 3. The van der Waals surface area contributed by atoms with Crippen LogP contribution >= 0.6 is 0 Å². The molecule has 3 aromatic rings. The molecule has 1 atom stereocenters. The van der Waals surface area contributed by atoms with Crippen molar-refractivity contribution in [2.24, 2.45) is 0 Å². The first-order valence-corrected chi connectivity index (χ1v) is 8.20. The van der Waals surface area contributed by atoms with Crippen LogP contribution in [-0.4, -0.2) is 26.5 Å². The zero-order valence-electron chi connectivity index (χ0n) is 14.6. The summed E-state index contributed by atoms with van der Waals surface area (Å²) in [6.07, 6.45) is 0.517. The summed E-state index contributed by atoms with van der Waals surface area (Å²) in [5.41, 5.74) is 5.14. The molecule has 0 saturated carbocycles. The maximum absolute atomic E-state index is 13.0. The maximum atomic E-state index is 13.0. The molecule has 2 N–H and O–H groups in total. The average Bonchev–Trinajstić information content (AvgIpc) is 3.11. The molecule has 6 heteroatoms. The minimum Gasteiger partial charge on any atom is -0.325 e. The molecule has 0 aliphatic carbocycles. The Morgan fingerprint density at radius 1 is 1.12 bits per heavy atom. The molecule has 0 aliphatic rings. The lowest BCUT2D eigenvalue weighted by Crippen LogP contribution is -2.25. The van der Waals surface area contributed by atoms with Crippen LogP contribution in [0.4, 0.5) is 5.69 Å². The van der Waals surface area contributed by atoms with Crippen LogP contribution in [0.25, 0.3) is 0 Å². The largest absolute Gasteiger partial charge is 0.325 e. The molecule has 0 bridgehead atoms. The SMILES string of the molecule is Cc1ccc(C)c(NC(=O)C(Cc2ccccc2C)c2nn[nH]n2)c1. The fourth-order valence-electron chi connectivity index (χ4n) is 2.77. The van der Waals surface area contributed by atoms with Crippen molar-refractivity contribution in [2.75, 3.05) is 5.32 Å². The number of carbonyl (C=O) groups is 1. The highest BCUT2D eigenvalue weighted by Crippen LogP contribution is 2.23. The number of hydrogen-bond acceptors (Lipinski definition) is 4. The molecule has 0 saturated heterocycles. The summed E-state index contributed by atoms with van der Waals surface area (Å²) in [5.74, 6) is -0.260. The molecule has 0 aliphatic heterocycles. The second-order valence-electron chi connectivity index (χ2n) is 6.26. The molecule has 1 amide bonds. The van der Waals surface area contributed by atoms with Gasteiger partial charge in [-0.25, -0.2) is 0 Å². The number of aromatic nitrogens is 4. The van der Waals surface area contributed by atoms with Gasteiger partial charge in [-0.2, -0.15) is 5.21 Å². The van der Waals surface area contributed by atoms with Crippen molar-refractivity contribution in [3.8, 4) is 0 Å². The molecular weight excluding hydrogens is 314 g/mol. The van der Waals surface area contributed by atoms with Crippen LogP contribution < -0.4 is 5.32 Å². The zero-order chi connectivity index (χ0) is 17.8. The number of anilines is 1. The summed E-state index contributed by atoms with van der Waals surface area (Å²) in [7, 11) is 0. The van der Waals surface area contributed by atoms with Gasteiger partial charge in [0.05, 0.1) is 0 Å². The molecule has 25 heavy (non-hydrogen) atoms. The lowest BCUT2D eigenvalue weighted by molar-refractivity contribution is -0.117. The minimum absolute atomic E-state index is 0.140. The monoisotopic (exact) mass is 335 g/mol. The predicted octanol–water partition coefficient (Wildman–Crippen LogP) is 3.09. The third kappa shape index (κ3) is 3.91. The number of rotatable bonds is 5. The van der Waals surface area contributed by atoms with Crippen molar-refractivity contribution in [1.29, 1.82) is 0 Å². The van der Waals surface area contributed by atoms with Crippen molar-refractivity contribution < 1.29 is 4.79 Å². The van der Waals surface area contributed by atoms with E-state index in [0.717, 1.165) is 27.9 Å². The van der Waals surface area contributed by atoms with Crippen LogP contribution in [0, 0.1) is 20.8 Å². The molecule has 0 radical (unpaired) electrons. The van der Waals surface area contributed by atoms with Crippen molar-refractivity contribution in [3.63, 3.8) is 0 Å². The first kappa shape index (κ1) is 16.8. The highest BCUT2D eigenvalue weighted by molar-refractivity contribution is 5.96. The summed E-state index contributed by atoms with van der Waals surface area (Å²) in [5, 5.41) is 17.1. The smallest absolute Gasteiger partial charge is 0.235 e. The van der Waals surface area contributed by atoms with Crippen LogP contribution in [0.15, 0.2) is 42.5 Å². The molecule has 0 fully saturated rings. The lowest BCUT2D eigenvalue weighted by Gasteiger charge is -2.16. The third-order valence-corrected chi connectivity index (χ3v) is 4.33. The second kappa shape index (κ2) is 7.25. The Kier molecular flexibility index (Phi) is 4.88. The Morgan fingerprint density at radius 2 is 1.92 bits per heavy atom. The molecule has 2 aromatic carbocycles. The van der Waals surface area contributed by atoms with Gasteiger partial charge >= 0.3 is 0 Å². The number of tetrazole rings is 1. The number of nitrogens with one attached hydrogen (secondary N) is 2. The first-order chi connectivity index (χ1) is 12.0.